The summed E-state index contributed by atoms with van der Waals surface area (Å²) in [6.07, 6.45) is 3.39. The van der Waals surface area contributed by atoms with Crippen LogP contribution in [0.3, 0.4) is 0 Å². The van der Waals surface area contributed by atoms with Crippen molar-refractivity contribution in [3.63, 3.8) is 0 Å². The molecule has 2 fully saturated rings. The molecule has 1 aromatic rings. The first-order valence-corrected chi connectivity index (χ1v) is 8.03. The van der Waals surface area contributed by atoms with Crippen LogP contribution >= 0.6 is 0 Å². The zero-order chi connectivity index (χ0) is 16.2. The number of amides is 1. The van der Waals surface area contributed by atoms with Crippen molar-refractivity contribution in [2.75, 3.05) is 19.8 Å². The second-order valence-corrected chi connectivity index (χ2v) is 5.97. The average molecular weight is 319 g/mol. The predicted octanol–water partition coefficient (Wildman–Crippen LogP) is 1.93. The number of hydrogen-bond donors (Lipinski definition) is 1. The van der Waals surface area contributed by atoms with Gasteiger partial charge in [-0.3, -0.25) is 4.79 Å². The zero-order valence-corrected chi connectivity index (χ0v) is 12.9. The minimum absolute atomic E-state index is 0.115. The van der Waals surface area contributed by atoms with Gasteiger partial charge in [0.25, 0.3) is 5.91 Å². The third kappa shape index (κ3) is 3.64. The summed E-state index contributed by atoms with van der Waals surface area (Å²) in [5, 5.41) is 9.21. The van der Waals surface area contributed by atoms with E-state index in [0.717, 1.165) is 25.9 Å². The fourth-order valence-electron chi connectivity index (χ4n) is 3.12. The number of ether oxygens (including phenoxy) is 2. The maximum atomic E-state index is 12.6. The topological polar surface area (TPSA) is 76.1 Å². The molecule has 1 amide bonds. The first-order chi connectivity index (χ1) is 11.1. The van der Waals surface area contributed by atoms with Crippen LogP contribution in [0.25, 0.3) is 0 Å². The molecule has 0 spiro atoms. The number of rotatable bonds is 5. The summed E-state index contributed by atoms with van der Waals surface area (Å²) in [4.78, 5) is 25.2. The van der Waals surface area contributed by atoms with Crippen LogP contribution < -0.4 is 4.74 Å². The molecule has 6 nitrogen and oxygen atoms in total. The SMILES string of the molecule is O=C(O)C1CCCN1C(=O)c1cccc(OCC2CCCO2)c1. The monoisotopic (exact) mass is 319 g/mol. The number of aliphatic carboxylic acids is 1. The molecule has 0 aromatic heterocycles. The third-order valence-corrected chi connectivity index (χ3v) is 4.34. The van der Waals surface area contributed by atoms with Crippen molar-refractivity contribution in [2.45, 2.75) is 37.8 Å². The highest BCUT2D eigenvalue weighted by atomic mass is 16.5. The van der Waals surface area contributed by atoms with Crippen LogP contribution in [0.5, 0.6) is 5.75 Å². The lowest BCUT2D eigenvalue weighted by Crippen LogP contribution is -2.40. The molecule has 2 aliphatic rings. The summed E-state index contributed by atoms with van der Waals surface area (Å²) in [5.41, 5.74) is 0.461. The summed E-state index contributed by atoms with van der Waals surface area (Å²) in [5.74, 6) is -0.587. The van der Waals surface area contributed by atoms with E-state index in [4.69, 9.17) is 9.47 Å². The van der Waals surface area contributed by atoms with Crippen molar-refractivity contribution in [2.24, 2.45) is 0 Å². The van der Waals surface area contributed by atoms with Gasteiger partial charge < -0.3 is 19.5 Å². The van der Waals surface area contributed by atoms with Gasteiger partial charge in [-0.05, 0) is 43.9 Å². The third-order valence-electron chi connectivity index (χ3n) is 4.34. The Bertz CT molecular complexity index is 582. The maximum Gasteiger partial charge on any atom is 0.326 e. The average Bonchev–Trinajstić information content (AvgIpc) is 3.23. The van der Waals surface area contributed by atoms with Crippen LogP contribution in [0.4, 0.5) is 0 Å². The smallest absolute Gasteiger partial charge is 0.326 e. The molecule has 0 aliphatic carbocycles. The van der Waals surface area contributed by atoms with Crippen LogP contribution in [0, 0.1) is 0 Å². The predicted molar refractivity (Wildman–Crippen MR) is 82.6 cm³/mol. The summed E-state index contributed by atoms with van der Waals surface area (Å²) in [7, 11) is 0. The van der Waals surface area contributed by atoms with E-state index in [1.807, 2.05) is 0 Å². The van der Waals surface area contributed by atoms with Gasteiger partial charge in [0.05, 0.1) is 6.10 Å². The van der Waals surface area contributed by atoms with E-state index in [-0.39, 0.29) is 12.0 Å². The first-order valence-electron chi connectivity index (χ1n) is 8.03. The Hall–Kier alpha value is -2.08. The molecule has 6 heteroatoms. The Kier molecular flexibility index (Phi) is 4.81. The van der Waals surface area contributed by atoms with Crippen LogP contribution in [0.15, 0.2) is 24.3 Å². The highest BCUT2D eigenvalue weighted by Gasteiger charge is 2.34. The van der Waals surface area contributed by atoms with E-state index >= 15 is 0 Å². The number of hydrogen-bond acceptors (Lipinski definition) is 4. The van der Waals surface area contributed by atoms with Gasteiger partial charge in [0.2, 0.25) is 0 Å². The van der Waals surface area contributed by atoms with Gasteiger partial charge in [-0.1, -0.05) is 6.07 Å². The van der Waals surface area contributed by atoms with Crippen molar-refractivity contribution < 1.29 is 24.2 Å². The maximum absolute atomic E-state index is 12.6. The van der Waals surface area contributed by atoms with Crippen LogP contribution in [-0.2, 0) is 9.53 Å². The second kappa shape index (κ2) is 7.00. The largest absolute Gasteiger partial charge is 0.491 e. The van der Waals surface area contributed by atoms with E-state index in [0.29, 0.717) is 30.9 Å². The van der Waals surface area contributed by atoms with E-state index in [1.54, 1.807) is 24.3 Å². The molecule has 2 saturated heterocycles. The van der Waals surface area contributed by atoms with E-state index < -0.39 is 12.0 Å². The summed E-state index contributed by atoms with van der Waals surface area (Å²) in [6, 6.07) is 6.19. The molecule has 0 radical (unpaired) electrons. The molecule has 23 heavy (non-hydrogen) atoms. The minimum atomic E-state index is -0.943. The van der Waals surface area contributed by atoms with Crippen molar-refractivity contribution in [1.82, 2.24) is 4.90 Å². The van der Waals surface area contributed by atoms with Gasteiger partial charge in [0.1, 0.15) is 18.4 Å². The molecular formula is C17H21NO5. The minimum Gasteiger partial charge on any atom is -0.491 e. The lowest BCUT2D eigenvalue weighted by atomic mass is 10.1. The number of carboxylic acid groups (broad SMARTS) is 1. The van der Waals surface area contributed by atoms with Crippen LogP contribution in [0.2, 0.25) is 0 Å². The van der Waals surface area contributed by atoms with Gasteiger partial charge >= 0.3 is 5.97 Å². The quantitative estimate of drug-likeness (QED) is 0.897. The van der Waals surface area contributed by atoms with Crippen LogP contribution in [0.1, 0.15) is 36.0 Å². The summed E-state index contributed by atoms with van der Waals surface area (Å²) in [6.45, 7) is 1.73. The van der Waals surface area contributed by atoms with Gasteiger partial charge in [0, 0.05) is 18.7 Å². The van der Waals surface area contributed by atoms with Crippen molar-refractivity contribution in [3.8, 4) is 5.75 Å². The fourth-order valence-corrected chi connectivity index (χ4v) is 3.12. The normalized spacial score (nSPS) is 23.9. The molecule has 3 rings (SSSR count). The van der Waals surface area contributed by atoms with Crippen molar-refractivity contribution >= 4 is 11.9 Å². The number of carbonyl (C=O) groups excluding carboxylic acids is 1. The molecular weight excluding hydrogens is 298 g/mol. The molecule has 0 saturated carbocycles. The first kappa shape index (κ1) is 15.8. The van der Waals surface area contributed by atoms with Crippen LogP contribution in [-0.4, -0.2) is 53.8 Å². The van der Waals surface area contributed by atoms with Gasteiger partial charge in [-0.25, -0.2) is 4.79 Å². The molecule has 2 atom stereocenters. The lowest BCUT2D eigenvalue weighted by molar-refractivity contribution is -0.141. The number of carboxylic acids is 1. The summed E-state index contributed by atoms with van der Waals surface area (Å²) >= 11 is 0. The molecule has 1 aromatic carbocycles. The van der Waals surface area contributed by atoms with Gasteiger partial charge in [-0.2, -0.15) is 0 Å². The Morgan fingerprint density at radius 1 is 1.30 bits per heavy atom. The highest BCUT2D eigenvalue weighted by Crippen LogP contribution is 2.23. The Morgan fingerprint density at radius 2 is 2.17 bits per heavy atom. The molecule has 0 bridgehead atoms. The Labute approximate surface area is 135 Å². The van der Waals surface area contributed by atoms with E-state index in [2.05, 4.69) is 0 Å². The Morgan fingerprint density at radius 3 is 2.91 bits per heavy atom. The standard InChI is InChI=1S/C17H21NO5/c19-16(18-8-2-7-15(18)17(20)21)12-4-1-5-13(10-12)23-11-14-6-3-9-22-14/h1,4-5,10,14-15H,2-3,6-9,11H2,(H,20,21). The molecule has 124 valence electrons. The van der Waals surface area contributed by atoms with Gasteiger partial charge in [0.15, 0.2) is 0 Å². The lowest BCUT2D eigenvalue weighted by Gasteiger charge is -2.21. The number of carbonyl (C=O) groups is 2. The molecule has 1 N–H and O–H groups in total. The number of benzene rings is 1. The zero-order valence-electron chi connectivity index (χ0n) is 12.9. The number of nitrogens with zero attached hydrogens (tertiary/aromatic N) is 1. The van der Waals surface area contributed by atoms with Crippen molar-refractivity contribution in [1.29, 1.82) is 0 Å². The highest BCUT2D eigenvalue weighted by molar-refractivity contribution is 5.97. The number of likely N-dealkylation sites (tertiary alicyclic amines) is 1. The molecule has 2 aliphatic heterocycles. The van der Waals surface area contributed by atoms with Crippen molar-refractivity contribution in [3.05, 3.63) is 29.8 Å². The van der Waals surface area contributed by atoms with E-state index in [1.165, 1.54) is 4.90 Å². The van der Waals surface area contributed by atoms with Gasteiger partial charge in [-0.15, -0.1) is 0 Å². The molecule has 2 heterocycles. The Balaban J connectivity index is 1.66. The fraction of sp³-hybridized carbons (Fsp3) is 0.529. The van der Waals surface area contributed by atoms with E-state index in [9.17, 15) is 14.7 Å². The summed E-state index contributed by atoms with van der Waals surface area (Å²) < 4.78 is 11.2. The second-order valence-electron chi connectivity index (χ2n) is 5.97. The molecule has 2 unspecified atom stereocenters.